The lowest BCUT2D eigenvalue weighted by Gasteiger charge is -2.27. The van der Waals surface area contributed by atoms with Crippen molar-refractivity contribution in [2.75, 3.05) is 17.2 Å². The predicted molar refractivity (Wildman–Crippen MR) is 144 cm³/mol. The van der Waals surface area contributed by atoms with Gasteiger partial charge in [-0.2, -0.15) is 10.2 Å². The SMILES string of the molecule is Nc1ccc(-c2[nH]nc3ncnc(N4CCC[C@H]4c4nn5ccc(Cl)c5c(=O)n4-c4ccccc4)c23)cn1. The maximum atomic E-state index is 13.8. The number of aromatic nitrogens is 8. The Morgan fingerprint density at radius 1 is 1.05 bits per heavy atom. The van der Waals surface area contributed by atoms with Gasteiger partial charge < -0.3 is 10.6 Å². The molecule has 1 aliphatic rings. The molecule has 0 amide bonds. The number of fused-ring (bicyclic) bond motifs is 2. The van der Waals surface area contributed by atoms with Crippen LogP contribution in [0.5, 0.6) is 0 Å². The van der Waals surface area contributed by atoms with Crippen LogP contribution in [0.15, 0.2) is 72.0 Å². The number of rotatable bonds is 4. The number of pyridine rings is 1. The number of halogens is 1. The molecule has 1 saturated heterocycles. The summed E-state index contributed by atoms with van der Waals surface area (Å²) in [6, 6.07) is 14.6. The molecule has 38 heavy (non-hydrogen) atoms. The molecule has 12 heteroatoms. The number of aromatic amines is 1. The first-order chi connectivity index (χ1) is 18.6. The summed E-state index contributed by atoms with van der Waals surface area (Å²) < 4.78 is 3.22. The van der Waals surface area contributed by atoms with Crippen LogP contribution in [0.4, 0.5) is 11.6 Å². The molecular formula is C26H21ClN10O. The molecule has 1 aromatic carbocycles. The van der Waals surface area contributed by atoms with Gasteiger partial charge in [0.25, 0.3) is 5.56 Å². The number of nitrogens with one attached hydrogen (secondary N) is 1. The van der Waals surface area contributed by atoms with Crippen molar-refractivity contribution in [2.24, 2.45) is 0 Å². The zero-order valence-electron chi connectivity index (χ0n) is 20.0. The van der Waals surface area contributed by atoms with Gasteiger partial charge in [-0.25, -0.2) is 19.5 Å². The van der Waals surface area contributed by atoms with E-state index in [0.717, 1.165) is 41.7 Å². The molecule has 1 atom stereocenters. The van der Waals surface area contributed by atoms with E-state index in [1.165, 1.54) is 6.33 Å². The van der Waals surface area contributed by atoms with E-state index in [0.29, 0.717) is 33.6 Å². The smallest absolute Gasteiger partial charge is 0.284 e. The monoisotopic (exact) mass is 524 g/mol. The van der Waals surface area contributed by atoms with Crippen molar-refractivity contribution in [1.82, 2.24) is 39.3 Å². The van der Waals surface area contributed by atoms with E-state index in [9.17, 15) is 4.79 Å². The van der Waals surface area contributed by atoms with E-state index >= 15 is 0 Å². The van der Waals surface area contributed by atoms with Crippen LogP contribution >= 0.6 is 11.6 Å². The van der Waals surface area contributed by atoms with Crippen LogP contribution < -0.4 is 16.2 Å². The number of H-pyrrole nitrogens is 1. The molecule has 0 bridgehead atoms. The van der Waals surface area contributed by atoms with Gasteiger partial charge in [-0.1, -0.05) is 29.8 Å². The van der Waals surface area contributed by atoms with Crippen molar-refractivity contribution in [3.05, 3.63) is 88.5 Å². The van der Waals surface area contributed by atoms with Crippen LogP contribution in [-0.4, -0.2) is 45.9 Å². The second kappa shape index (κ2) is 8.67. The highest BCUT2D eigenvalue weighted by Crippen LogP contribution is 2.40. The maximum Gasteiger partial charge on any atom is 0.284 e. The summed E-state index contributed by atoms with van der Waals surface area (Å²) in [5.41, 5.74) is 8.73. The quantitative estimate of drug-likeness (QED) is 0.355. The Morgan fingerprint density at radius 2 is 1.92 bits per heavy atom. The lowest BCUT2D eigenvalue weighted by atomic mass is 10.1. The van der Waals surface area contributed by atoms with E-state index in [1.54, 1.807) is 33.6 Å². The maximum absolute atomic E-state index is 13.8. The predicted octanol–water partition coefficient (Wildman–Crippen LogP) is 3.79. The highest BCUT2D eigenvalue weighted by Gasteiger charge is 2.34. The summed E-state index contributed by atoms with van der Waals surface area (Å²) >= 11 is 6.39. The summed E-state index contributed by atoms with van der Waals surface area (Å²) in [6.07, 6.45) is 6.58. The molecule has 0 saturated carbocycles. The summed E-state index contributed by atoms with van der Waals surface area (Å²) in [5.74, 6) is 1.74. The number of benzene rings is 1. The number of nitrogen functional groups attached to an aromatic ring is 1. The van der Waals surface area contributed by atoms with Crippen LogP contribution in [0, 0.1) is 0 Å². The van der Waals surface area contributed by atoms with Crippen molar-refractivity contribution in [3.63, 3.8) is 0 Å². The van der Waals surface area contributed by atoms with E-state index in [-0.39, 0.29) is 11.6 Å². The van der Waals surface area contributed by atoms with Crippen molar-refractivity contribution < 1.29 is 0 Å². The summed E-state index contributed by atoms with van der Waals surface area (Å²) in [4.78, 5) is 29.3. The van der Waals surface area contributed by atoms with Crippen LogP contribution in [0.2, 0.25) is 5.02 Å². The van der Waals surface area contributed by atoms with Gasteiger partial charge in [0.15, 0.2) is 11.5 Å². The minimum absolute atomic E-state index is 0.229. The highest BCUT2D eigenvalue weighted by molar-refractivity contribution is 6.33. The molecule has 0 spiro atoms. The summed E-state index contributed by atoms with van der Waals surface area (Å²) in [6.45, 7) is 0.719. The second-order valence-electron chi connectivity index (χ2n) is 9.11. The van der Waals surface area contributed by atoms with E-state index in [2.05, 4.69) is 25.1 Å². The van der Waals surface area contributed by atoms with Gasteiger partial charge in [-0.15, -0.1) is 0 Å². The van der Waals surface area contributed by atoms with Crippen molar-refractivity contribution in [3.8, 4) is 16.9 Å². The van der Waals surface area contributed by atoms with E-state index in [1.807, 2.05) is 36.4 Å². The van der Waals surface area contributed by atoms with E-state index < -0.39 is 0 Å². The molecule has 5 aromatic heterocycles. The fraction of sp³-hybridized carbons (Fsp3) is 0.154. The number of hydrogen-bond acceptors (Lipinski definition) is 8. The number of nitrogens with two attached hydrogens (primary N) is 1. The Labute approximate surface area is 220 Å². The van der Waals surface area contributed by atoms with Gasteiger partial charge in [0, 0.05) is 24.5 Å². The Hall–Kier alpha value is -4.77. The zero-order valence-corrected chi connectivity index (χ0v) is 20.7. The van der Waals surface area contributed by atoms with Gasteiger partial charge in [-0.3, -0.25) is 14.5 Å². The number of anilines is 2. The van der Waals surface area contributed by atoms with Gasteiger partial charge >= 0.3 is 0 Å². The molecule has 6 heterocycles. The topological polar surface area (TPSA) is 136 Å². The minimum atomic E-state index is -0.237. The van der Waals surface area contributed by atoms with Gasteiger partial charge in [-0.05, 0) is 43.2 Å². The average molecular weight is 525 g/mol. The highest BCUT2D eigenvalue weighted by atomic mass is 35.5. The third kappa shape index (κ3) is 3.43. The summed E-state index contributed by atoms with van der Waals surface area (Å²) in [5, 5.41) is 13.6. The van der Waals surface area contributed by atoms with Crippen LogP contribution in [0.1, 0.15) is 24.7 Å². The van der Waals surface area contributed by atoms with Gasteiger partial charge in [0.1, 0.15) is 23.5 Å². The molecule has 3 N–H and O–H groups in total. The number of para-hydroxylation sites is 1. The Kier molecular flexibility index (Phi) is 5.11. The molecule has 188 valence electrons. The molecule has 11 nitrogen and oxygen atoms in total. The minimum Gasteiger partial charge on any atom is -0.384 e. The Morgan fingerprint density at radius 3 is 2.74 bits per heavy atom. The summed E-state index contributed by atoms with van der Waals surface area (Å²) in [7, 11) is 0. The lowest BCUT2D eigenvalue weighted by Crippen LogP contribution is -2.33. The Bertz CT molecular complexity index is 1860. The third-order valence-corrected chi connectivity index (χ3v) is 7.21. The van der Waals surface area contributed by atoms with Gasteiger partial charge in [0.05, 0.1) is 27.8 Å². The molecule has 1 fully saturated rings. The first kappa shape index (κ1) is 22.4. The Balaban J connectivity index is 1.44. The van der Waals surface area contributed by atoms with Crippen LogP contribution in [0.25, 0.3) is 33.5 Å². The fourth-order valence-corrected chi connectivity index (χ4v) is 5.42. The third-order valence-electron chi connectivity index (χ3n) is 6.91. The molecule has 7 rings (SSSR count). The molecule has 1 aliphatic heterocycles. The first-order valence-corrected chi connectivity index (χ1v) is 12.5. The first-order valence-electron chi connectivity index (χ1n) is 12.1. The lowest BCUT2D eigenvalue weighted by molar-refractivity contribution is 0.602. The van der Waals surface area contributed by atoms with Gasteiger partial charge in [0.2, 0.25) is 0 Å². The largest absolute Gasteiger partial charge is 0.384 e. The van der Waals surface area contributed by atoms with Crippen LogP contribution in [0.3, 0.4) is 0 Å². The normalized spacial score (nSPS) is 15.6. The molecule has 6 aromatic rings. The van der Waals surface area contributed by atoms with Crippen LogP contribution in [-0.2, 0) is 0 Å². The number of hydrogen-bond donors (Lipinski definition) is 2. The molecule has 0 unspecified atom stereocenters. The molecule has 0 aliphatic carbocycles. The van der Waals surface area contributed by atoms with E-state index in [4.69, 9.17) is 27.4 Å². The van der Waals surface area contributed by atoms with Crippen molar-refractivity contribution >= 4 is 39.8 Å². The standard InChI is InChI=1S/C26H21ClN10O/c27-17-10-12-36-22(17)26(38)37(16-5-2-1-3-6-16)24(34-36)18-7-4-11-35(18)25-20-21(15-8-9-19(28)29-13-15)32-33-23(20)30-14-31-25/h1-3,5-6,8-10,12-14,18H,4,7,11H2,(H2,28,29)(H,30,31,32,33)/t18-/m0/s1. The fourth-order valence-electron chi connectivity index (χ4n) is 5.20. The number of nitrogens with zero attached hydrogens (tertiary/aromatic N) is 8. The molecule has 0 radical (unpaired) electrons. The molecular weight excluding hydrogens is 504 g/mol. The average Bonchev–Trinajstić information content (AvgIpc) is 3.68. The second-order valence-corrected chi connectivity index (χ2v) is 9.52. The van der Waals surface area contributed by atoms with Crippen molar-refractivity contribution in [1.29, 1.82) is 0 Å². The zero-order chi connectivity index (χ0) is 25.8. The van der Waals surface area contributed by atoms with Crippen molar-refractivity contribution in [2.45, 2.75) is 18.9 Å².